The van der Waals surface area contributed by atoms with Gasteiger partial charge in [-0.1, -0.05) is 54.6 Å². The second-order valence-electron chi connectivity index (χ2n) is 8.16. The van der Waals surface area contributed by atoms with Gasteiger partial charge in [-0.3, -0.25) is 9.69 Å². The average molecular weight is 502 g/mol. The quantitative estimate of drug-likeness (QED) is 0.321. The van der Waals surface area contributed by atoms with Gasteiger partial charge in [0.05, 0.1) is 5.56 Å². The number of para-hydroxylation sites is 1. The zero-order valence-corrected chi connectivity index (χ0v) is 20.6. The highest BCUT2D eigenvalue weighted by atomic mass is 35.5. The first kappa shape index (κ1) is 24.5. The van der Waals surface area contributed by atoms with Crippen molar-refractivity contribution in [2.24, 2.45) is 0 Å². The molecule has 5 rings (SSSR count). The first-order valence-electron chi connectivity index (χ1n) is 11.1. The van der Waals surface area contributed by atoms with Crippen LogP contribution in [0.4, 0.5) is 5.00 Å². The van der Waals surface area contributed by atoms with Gasteiger partial charge in [0.25, 0.3) is 5.91 Å². The minimum Gasteiger partial charge on any atom is -0.457 e. The van der Waals surface area contributed by atoms with E-state index in [0.717, 1.165) is 36.5 Å². The highest BCUT2D eigenvalue weighted by Gasteiger charge is 2.25. The van der Waals surface area contributed by atoms with E-state index in [1.165, 1.54) is 16.9 Å². The molecule has 4 aromatic rings. The number of anilines is 1. The Kier molecular flexibility index (Phi) is 7.84. The van der Waals surface area contributed by atoms with Gasteiger partial charge in [-0.15, -0.1) is 23.7 Å². The summed E-state index contributed by atoms with van der Waals surface area (Å²) in [6, 6.07) is 29.2. The van der Waals surface area contributed by atoms with Gasteiger partial charge in [0.1, 0.15) is 22.6 Å². The Morgan fingerprint density at radius 3 is 2.46 bits per heavy atom. The molecule has 1 amide bonds. The van der Waals surface area contributed by atoms with E-state index in [2.05, 4.69) is 40.6 Å². The molecule has 3 aromatic carbocycles. The van der Waals surface area contributed by atoms with Gasteiger partial charge in [0.15, 0.2) is 0 Å². The van der Waals surface area contributed by atoms with E-state index < -0.39 is 0 Å². The van der Waals surface area contributed by atoms with Gasteiger partial charge < -0.3 is 10.1 Å². The molecule has 1 aliphatic rings. The largest absolute Gasteiger partial charge is 0.457 e. The summed E-state index contributed by atoms with van der Waals surface area (Å²) in [5.74, 6) is 1.04. The number of halogens is 1. The Bertz CT molecular complexity index is 1350. The fourth-order valence-electron chi connectivity index (χ4n) is 4.14. The molecule has 0 fully saturated rings. The molecule has 0 saturated heterocycles. The Morgan fingerprint density at radius 1 is 1.00 bits per heavy atom. The molecule has 1 aliphatic heterocycles. The van der Waals surface area contributed by atoms with Gasteiger partial charge in [-0.25, -0.2) is 0 Å². The van der Waals surface area contributed by atoms with Gasteiger partial charge in [-0.2, -0.15) is 5.26 Å². The monoisotopic (exact) mass is 501 g/mol. The number of amides is 1. The lowest BCUT2D eigenvalue weighted by Gasteiger charge is -2.26. The van der Waals surface area contributed by atoms with E-state index in [4.69, 9.17) is 4.74 Å². The predicted octanol–water partition coefficient (Wildman–Crippen LogP) is 6.64. The molecule has 0 spiro atoms. The molecule has 176 valence electrons. The van der Waals surface area contributed by atoms with Crippen LogP contribution in [0.5, 0.6) is 11.5 Å². The van der Waals surface area contributed by atoms with Crippen LogP contribution in [0.2, 0.25) is 0 Å². The highest BCUT2D eigenvalue weighted by molar-refractivity contribution is 7.16. The van der Waals surface area contributed by atoms with Crippen LogP contribution in [-0.4, -0.2) is 17.4 Å². The second kappa shape index (κ2) is 11.2. The Hall–Kier alpha value is -3.63. The fraction of sp³-hybridized carbons (Fsp3) is 0.143. The smallest absolute Gasteiger partial charge is 0.256 e. The maximum Gasteiger partial charge on any atom is 0.256 e. The number of carbonyl (C=O) groups excluding carboxylic acids is 1. The zero-order valence-electron chi connectivity index (χ0n) is 18.9. The normalized spacial score (nSPS) is 12.7. The van der Waals surface area contributed by atoms with E-state index in [1.807, 2.05) is 42.5 Å². The van der Waals surface area contributed by atoms with Crippen molar-refractivity contribution in [2.45, 2.75) is 19.5 Å². The first-order valence-corrected chi connectivity index (χ1v) is 12.0. The number of fused-ring (bicyclic) bond motifs is 1. The standard InChI is InChI=1S/C28H23N3O2S.ClH/c29-17-25-24-14-15-31(18-20-8-3-1-4-9-20)19-26(24)34-28(25)30-27(32)21-10-7-13-23(16-21)33-22-11-5-2-6-12-22;/h1-13,16H,14-15,18-19H2,(H,30,32);1H. The number of nitrogens with one attached hydrogen (secondary N) is 1. The second-order valence-corrected chi connectivity index (χ2v) is 9.27. The van der Waals surface area contributed by atoms with Crippen LogP contribution in [0.15, 0.2) is 84.9 Å². The van der Waals surface area contributed by atoms with E-state index in [0.29, 0.717) is 27.6 Å². The molecular formula is C28H24ClN3O2S. The number of carbonyl (C=O) groups is 1. The molecule has 35 heavy (non-hydrogen) atoms. The zero-order chi connectivity index (χ0) is 23.3. The fourth-order valence-corrected chi connectivity index (χ4v) is 5.38. The first-order chi connectivity index (χ1) is 16.7. The third kappa shape index (κ3) is 5.72. The molecular weight excluding hydrogens is 478 g/mol. The third-order valence-electron chi connectivity index (χ3n) is 5.80. The molecule has 0 saturated carbocycles. The summed E-state index contributed by atoms with van der Waals surface area (Å²) in [4.78, 5) is 16.6. The van der Waals surface area contributed by atoms with Crippen LogP contribution in [0.1, 0.15) is 31.9 Å². The lowest BCUT2D eigenvalue weighted by Crippen LogP contribution is -2.29. The van der Waals surface area contributed by atoms with Crippen molar-refractivity contribution < 1.29 is 9.53 Å². The summed E-state index contributed by atoms with van der Waals surface area (Å²) >= 11 is 1.50. The van der Waals surface area contributed by atoms with Crippen molar-refractivity contribution >= 4 is 34.7 Å². The van der Waals surface area contributed by atoms with Crippen LogP contribution in [0.3, 0.4) is 0 Å². The number of ether oxygens (including phenoxy) is 1. The van der Waals surface area contributed by atoms with Crippen molar-refractivity contribution in [3.63, 3.8) is 0 Å². The predicted molar refractivity (Wildman–Crippen MR) is 141 cm³/mol. The van der Waals surface area contributed by atoms with Crippen LogP contribution < -0.4 is 10.1 Å². The average Bonchev–Trinajstić information content (AvgIpc) is 3.21. The van der Waals surface area contributed by atoms with Crippen molar-refractivity contribution in [3.8, 4) is 17.6 Å². The molecule has 1 aromatic heterocycles. The molecule has 0 aliphatic carbocycles. The number of nitriles is 1. The van der Waals surface area contributed by atoms with Crippen molar-refractivity contribution in [1.82, 2.24) is 4.90 Å². The summed E-state index contributed by atoms with van der Waals surface area (Å²) in [5, 5.41) is 13.4. The molecule has 0 bridgehead atoms. The third-order valence-corrected chi connectivity index (χ3v) is 6.93. The van der Waals surface area contributed by atoms with Crippen LogP contribution in [0.25, 0.3) is 0 Å². The number of benzene rings is 3. The maximum absolute atomic E-state index is 13.0. The summed E-state index contributed by atoms with van der Waals surface area (Å²) < 4.78 is 5.86. The number of hydrogen-bond acceptors (Lipinski definition) is 5. The van der Waals surface area contributed by atoms with Crippen molar-refractivity contribution in [1.29, 1.82) is 5.26 Å². The molecule has 0 atom stereocenters. The van der Waals surface area contributed by atoms with E-state index in [1.54, 1.807) is 18.2 Å². The number of hydrogen-bond donors (Lipinski definition) is 1. The van der Waals surface area contributed by atoms with Crippen molar-refractivity contribution in [3.05, 3.63) is 112 Å². The number of rotatable bonds is 6. The van der Waals surface area contributed by atoms with Crippen molar-refractivity contribution in [2.75, 3.05) is 11.9 Å². The van der Waals surface area contributed by atoms with Crippen LogP contribution in [0, 0.1) is 11.3 Å². The molecule has 2 heterocycles. The summed E-state index contributed by atoms with van der Waals surface area (Å²) in [7, 11) is 0. The summed E-state index contributed by atoms with van der Waals surface area (Å²) in [6.45, 7) is 2.54. The van der Waals surface area contributed by atoms with Gasteiger partial charge >= 0.3 is 0 Å². The Labute approximate surface area is 215 Å². The number of thiophene rings is 1. The topological polar surface area (TPSA) is 65.4 Å². The van der Waals surface area contributed by atoms with Gasteiger partial charge in [0, 0.05) is 30.1 Å². The van der Waals surface area contributed by atoms with E-state index in [-0.39, 0.29) is 18.3 Å². The van der Waals surface area contributed by atoms with E-state index in [9.17, 15) is 10.1 Å². The summed E-state index contributed by atoms with van der Waals surface area (Å²) in [6.07, 6.45) is 0.803. The molecule has 0 radical (unpaired) electrons. The van der Waals surface area contributed by atoms with E-state index >= 15 is 0 Å². The molecule has 0 unspecified atom stereocenters. The SMILES string of the molecule is Cl.N#Cc1c(NC(=O)c2cccc(Oc3ccccc3)c2)sc2c1CCN(Cc1ccccc1)C2. The number of nitrogens with zero attached hydrogens (tertiary/aromatic N) is 2. The van der Waals surface area contributed by atoms with Crippen LogP contribution >= 0.6 is 23.7 Å². The Balaban J connectivity index is 0.00000289. The summed E-state index contributed by atoms with van der Waals surface area (Å²) in [5.41, 5.74) is 3.40. The van der Waals surface area contributed by atoms with Crippen LogP contribution in [-0.2, 0) is 19.5 Å². The lowest BCUT2D eigenvalue weighted by atomic mass is 10.0. The molecule has 1 N–H and O–H groups in total. The molecule has 5 nitrogen and oxygen atoms in total. The lowest BCUT2D eigenvalue weighted by molar-refractivity contribution is 0.102. The maximum atomic E-state index is 13.0. The minimum atomic E-state index is -0.255. The van der Waals surface area contributed by atoms with Gasteiger partial charge in [0.2, 0.25) is 0 Å². The Morgan fingerprint density at radius 2 is 1.71 bits per heavy atom. The molecule has 7 heteroatoms. The minimum absolute atomic E-state index is 0. The van der Waals surface area contributed by atoms with Gasteiger partial charge in [-0.05, 0) is 47.9 Å². The highest BCUT2D eigenvalue weighted by Crippen LogP contribution is 2.37.